The third kappa shape index (κ3) is 5.55. The first kappa shape index (κ1) is 28.4. The van der Waals surface area contributed by atoms with Crippen molar-refractivity contribution >= 4 is 34.7 Å². The van der Waals surface area contributed by atoms with Gasteiger partial charge in [-0.25, -0.2) is 4.98 Å². The number of alkyl halides is 3. The predicted molar refractivity (Wildman–Crippen MR) is 158 cm³/mol. The van der Waals surface area contributed by atoms with Crippen molar-refractivity contribution in [2.45, 2.75) is 51.4 Å². The van der Waals surface area contributed by atoms with E-state index in [1.165, 1.54) is 0 Å². The van der Waals surface area contributed by atoms with Crippen molar-refractivity contribution in [2.24, 2.45) is 0 Å². The first-order chi connectivity index (χ1) is 20.2. The highest BCUT2D eigenvalue weighted by Crippen LogP contribution is 2.43. The average Bonchev–Trinajstić information content (AvgIpc) is 3.49. The van der Waals surface area contributed by atoms with E-state index in [9.17, 15) is 18.0 Å². The molecule has 222 valence electrons. The number of rotatable bonds is 6. The molecule has 1 saturated heterocycles. The summed E-state index contributed by atoms with van der Waals surface area (Å²) in [6.07, 6.45) is 1.16. The summed E-state index contributed by atoms with van der Waals surface area (Å²) < 4.78 is 42.7. The van der Waals surface area contributed by atoms with Crippen LogP contribution >= 0.6 is 0 Å². The van der Waals surface area contributed by atoms with Gasteiger partial charge in [0.05, 0.1) is 23.0 Å². The third-order valence-corrected chi connectivity index (χ3v) is 8.71. The van der Waals surface area contributed by atoms with E-state index in [1.54, 1.807) is 30.3 Å². The molecular formula is C31H36F3N7O. The summed E-state index contributed by atoms with van der Waals surface area (Å²) >= 11 is 0. The summed E-state index contributed by atoms with van der Waals surface area (Å²) in [7, 11) is 1.70. The maximum absolute atomic E-state index is 14.2. The Morgan fingerprint density at radius 2 is 1.69 bits per heavy atom. The number of likely N-dealkylation sites (N-methyl/N-ethyl adjacent to an activating group) is 1. The number of aromatic nitrogens is 2. The highest BCUT2D eigenvalue weighted by atomic mass is 19.4. The molecule has 1 aliphatic carbocycles. The second-order valence-electron chi connectivity index (χ2n) is 11.3. The zero-order valence-corrected chi connectivity index (χ0v) is 24.0. The molecule has 3 aromatic rings. The van der Waals surface area contributed by atoms with Crippen LogP contribution in [0.3, 0.4) is 0 Å². The van der Waals surface area contributed by atoms with Gasteiger partial charge in [0, 0.05) is 51.5 Å². The molecule has 1 amide bonds. The Balaban J connectivity index is 1.32. The van der Waals surface area contributed by atoms with Crippen molar-refractivity contribution in [1.82, 2.24) is 19.8 Å². The minimum Gasteiger partial charge on any atom is -0.324 e. The average molecular weight is 580 g/mol. The van der Waals surface area contributed by atoms with Crippen LogP contribution in [0.15, 0.2) is 48.7 Å². The number of carbonyl (C=O) groups is 1. The molecule has 6 rings (SSSR count). The molecule has 2 aromatic carbocycles. The fourth-order valence-electron chi connectivity index (χ4n) is 6.33. The number of piperazine rings is 1. The van der Waals surface area contributed by atoms with Crippen LogP contribution in [0, 0.1) is 0 Å². The Bertz CT molecular complexity index is 1450. The van der Waals surface area contributed by atoms with Crippen LogP contribution in [0.25, 0.3) is 0 Å². The van der Waals surface area contributed by atoms with Gasteiger partial charge in [-0.15, -0.1) is 0 Å². The lowest BCUT2D eigenvalue weighted by Crippen LogP contribution is -2.45. The van der Waals surface area contributed by atoms with Crippen LogP contribution in [0.2, 0.25) is 0 Å². The number of fused-ring (bicyclic) bond motifs is 2. The molecule has 0 spiro atoms. The molecule has 0 radical (unpaired) electrons. The summed E-state index contributed by atoms with van der Waals surface area (Å²) in [4.78, 5) is 30.7. The van der Waals surface area contributed by atoms with Crippen LogP contribution in [0.4, 0.5) is 42.0 Å². The lowest BCUT2D eigenvalue weighted by molar-refractivity contribution is -0.138. The quantitative estimate of drug-likeness (QED) is 0.382. The van der Waals surface area contributed by atoms with Crippen molar-refractivity contribution in [3.05, 3.63) is 65.4 Å². The number of carbonyl (C=O) groups excluding carboxylic acids is 1. The van der Waals surface area contributed by atoms with E-state index in [0.29, 0.717) is 17.1 Å². The maximum atomic E-state index is 14.2. The van der Waals surface area contributed by atoms with Gasteiger partial charge < -0.3 is 20.0 Å². The first-order valence-electron chi connectivity index (χ1n) is 14.7. The summed E-state index contributed by atoms with van der Waals surface area (Å²) in [5, 5.41) is 3.02. The van der Waals surface area contributed by atoms with E-state index < -0.39 is 11.7 Å². The van der Waals surface area contributed by atoms with Gasteiger partial charge in [-0.1, -0.05) is 38.0 Å². The van der Waals surface area contributed by atoms with Crippen molar-refractivity contribution in [2.75, 3.05) is 54.9 Å². The summed E-state index contributed by atoms with van der Waals surface area (Å²) in [5.41, 5.74) is 1.78. The van der Waals surface area contributed by atoms with Gasteiger partial charge in [-0.2, -0.15) is 18.2 Å². The standard InChI is InChI=1S/C31H36F3N7O/c1-3-39-14-16-40(17-15-39)20-21-12-13-22(18-25(21)31(32,33)34)36-30-35-19-27-28(37-30)41(23-8-4-5-9-23)26-11-7-6-10-24(26)29(42)38(27)2/h6-7,10-13,18-19,23H,3-5,8-9,14-17,20H2,1-2H3,(H,35,36,37). The fourth-order valence-corrected chi connectivity index (χ4v) is 6.33. The second-order valence-corrected chi connectivity index (χ2v) is 11.3. The highest BCUT2D eigenvalue weighted by molar-refractivity contribution is 6.13. The summed E-state index contributed by atoms with van der Waals surface area (Å²) in [6, 6.07) is 12.0. The van der Waals surface area contributed by atoms with Gasteiger partial charge in [0.25, 0.3) is 5.91 Å². The lowest BCUT2D eigenvalue weighted by Gasteiger charge is -2.34. The van der Waals surface area contributed by atoms with Crippen LogP contribution in [-0.2, 0) is 12.7 Å². The monoisotopic (exact) mass is 579 g/mol. The van der Waals surface area contributed by atoms with E-state index in [2.05, 4.69) is 31.9 Å². The Morgan fingerprint density at radius 3 is 2.40 bits per heavy atom. The molecule has 42 heavy (non-hydrogen) atoms. The number of hydrogen-bond donors (Lipinski definition) is 1. The van der Waals surface area contributed by atoms with E-state index in [0.717, 1.165) is 70.2 Å². The van der Waals surface area contributed by atoms with E-state index in [1.807, 2.05) is 24.3 Å². The number of nitrogens with one attached hydrogen (secondary N) is 1. The minimum absolute atomic E-state index is 0.154. The number of amides is 1. The van der Waals surface area contributed by atoms with Crippen LogP contribution < -0.4 is 15.1 Å². The second kappa shape index (κ2) is 11.5. The third-order valence-electron chi connectivity index (χ3n) is 8.71. The molecule has 1 aromatic heterocycles. The number of nitrogens with zero attached hydrogens (tertiary/aromatic N) is 6. The number of hydrogen-bond acceptors (Lipinski definition) is 7. The normalized spacial score (nSPS) is 18.6. The predicted octanol–water partition coefficient (Wildman–Crippen LogP) is 6.05. The number of para-hydroxylation sites is 1. The van der Waals surface area contributed by atoms with Gasteiger partial charge in [0.2, 0.25) is 5.95 Å². The molecule has 11 heteroatoms. The SMILES string of the molecule is CCN1CCN(Cc2ccc(Nc3ncc4c(n3)N(C3CCCC3)c3ccccc3C(=O)N4C)cc2C(F)(F)F)CC1. The van der Waals surface area contributed by atoms with Gasteiger partial charge >= 0.3 is 6.18 Å². The van der Waals surface area contributed by atoms with Crippen molar-refractivity contribution < 1.29 is 18.0 Å². The molecular weight excluding hydrogens is 543 g/mol. The molecule has 1 saturated carbocycles. The lowest BCUT2D eigenvalue weighted by atomic mass is 10.0. The fraction of sp³-hybridized carbons (Fsp3) is 0.452. The van der Waals surface area contributed by atoms with Gasteiger partial charge in [-0.3, -0.25) is 9.69 Å². The topological polar surface area (TPSA) is 67.8 Å². The maximum Gasteiger partial charge on any atom is 0.416 e. The summed E-state index contributed by atoms with van der Waals surface area (Å²) in [5.74, 6) is 0.589. The highest BCUT2D eigenvalue weighted by Gasteiger charge is 2.36. The minimum atomic E-state index is -4.50. The zero-order valence-electron chi connectivity index (χ0n) is 24.0. The summed E-state index contributed by atoms with van der Waals surface area (Å²) in [6.45, 7) is 6.49. The molecule has 0 unspecified atom stereocenters. The molecule has 0 atom stereocenters. The largest absolute Gasteiger partial charge is 0.416 e. The molecule has 1 N–H and O–H groups in total. The van der Waals surface area contributed by atoms with Gasteiger partial charge in [-0.05, 0) is 49.2 Å². The molecule has 0 bridgehead atoms. The first-order valence-corrected chi connectivity index (χ1v) is 14.7. The smallest absolute Gasteiger partial charge is 0.324 e. The number of benzene rings is 2. The van der Waals surface area contributed by atoms with E-state index >= 15 is 0 Å². The molecule has 8 nitrogen and oxygen atoms in total. The van der Waals surface area contributed by atoms with Crippen LogP contribution in [0.1, 0.15) is 54.1 Å². The van der Waals surface area contributed by atoms with Crippen LogP contribution in [0.5, 0.6) is 0 Å². The van der Waals surface area contributed by atoms with Gasteiger partial charge in [0.15, 0.2) is 5.82 Å². The van der Waals surface area contributed by atoms with Crippen molar-refractivity contribution in [3.63, 3.8) is 0 Å². The van der Waals surface area contributed by atoms with E-state index in [4.69, 9.17) is 4.98 Å². The Morgan fingerprint density at radius 1 is 0.976 bits per heavy atom. The van der Waals surface area contributed by atoms with Crippen molar-refractivity contribution in [1.29, 1.82) is 0 Å². The Labute approximate surface area is 244 Å². The van der Waals surface area contributed by atoms with Crippen molar-refractivity contribution in [3.8, 4) is 0 Å². The molecule has 2 aliphatic heterocycles. The zero-order chi connectivity index (χ0) is 29.4. The van der Waals surface area contributed by atoms with Crippen LogP contribution in [-0.4, -0.2) is 71.5 Å². The molecule has 3 heterocycles. The molecule has 3 aliphatic rings. The Kier molecular flexibility index (Phi) is 7.80. The Hall–Kier alpha value is -3.70. The number of halogens is 3. The number of anilines is 5. The van der Waals surface area contributed by atoms with E-state index in [-0.39, 0.29) is 35.7 Å². The van der Waals surface area contributed by atoms with Gasteiger partial charge in [0.1, 0.15) is 5.69 Å². The molecule has 2 fully saturated rings.